The predicted octanol–water partition coefficient (Wildman–Crippen LogP) is 0.569. The summed E-state index contributed by atoms with van der Waals surface area (Å²) in [6.45, 7) is 3.27. The third-order valence-electron chi connectivity index (χ3n) is 2.53. The predicted molar refractivity (Wildman–Crippen MR) is 50.7 cm³/mol. The Morgan fingerprint density at radius 1 is 1.54 bits per heavy atom. The summed E-state index contributed by atoms with van der Waals surface area (Å²) in [5, 5.41) is 0.979. The third kappa shape index (κ3) is 2.10. The summed E-state index contributed by atoms with van der Waals surface area (Å²) < 4.78 is 29.0. The molecule has 1 aliphatic carbocycles. The van der Waals surface area contributed by atoms with Crippen LogP contribution >= 0.6 is 0 Å². The van der Waals surface area contributed by atoms with E-state index in [9.17, 15) is 8.42 Å². The maximum absolute atomic E-state index is 11.3. The summed E-state index contributed by atoms with van der Waals surface area (Å²) in [4.78, 5) is 0. The summed E-state index contributed by atoms with van der Waals surface area (Å²) in [7, 11) is -0.0296. The van der Waals surface area contributed by atoms with E-state index in [-0.39, 0.29) is 12.1 Å². The van der Waals surface area contributed by atoms with Crippen molar-refractivity contribution in [1.82, 2.24) is 4.31 Å². The van der Waals surface area contributed by atoms with Crippen molar-refractivity contribution in [2.45, 2.75) is 25.0 Å². The maximum Gasteiger partial charge on any atom is 0.235 e. The Hall–Kier alpha value is -0.390. The van der Waals surface area contributed by atoms with Crippen LogP contribution in [0, 0.1) is 0 Å². The van der Waals surface area contributed by atoms with Crippen LogP contribution in [-0.4, -0.2) is 39.0 Å². The van der Waals surface area contributed by atoms with E-state index in [0.29, 0.717) is 0 Å². The van der Waals surface area contributed by atoms with Crippen molar-refractivity contribution in [3.8, 4) is 0 Å². The van der Waals surface area contributed by atoms with Gasteiger partial charge in [-0.1, -0.05) is 6.58 Å². The molecule has 0 spiro atoms. The molecule has 1 saturated carbocycles. The molecule has 76 valence electrons. The van der Waals surface area contributed by atoms with Gasteiger partial charge in [0, 0.05) is 25.6 Å². The molecular weight excluding hydrogens is 190 g/mol. The third-order valence-corrected chi connectivity index (χ3v) is 4.05. The van der Waals surface area contributed by atoms with Crippen molar-refractivity contribution >= 4 is 10.0 Å². The molecule has 13 heavy (non-hydrogen) atoms. The molecule has 0 radical (unpaired) electrons. The molecule has 4 nitrogen and oxygen atoms in total. The highest BCUT2D eigenvalue weighted by atomic mass is 32.2. The number of hydrogen-bond donors (Lipinski definition) is 0. The first-order valence-electron chi connectivity index (χ1n) is 4.14. The monoisotopic (exact) mass is 205 g/mol. The SMILES string of the molecule is C=CS(=O)(=O)N(C)C1CC(OC)C1. The van der Waals surface area contributed by atoms with Gasteiger partial charge >= 0.3 is 0 Å². The van der Waals surface area contributed by atoms with Crippen LogP contribution in [0.2, 0.25) is 0 Å². The molecule has 1 aliphatic rings. The Morgan fingerprint density at radius 3 is 2.46 bits per heavy atom. The van der Waals surface area contributed by atoms with Gasteiger partial charge in [-0.05, 0) is 12.8 Å². The fraction of sp³-hybridized carbons (Fsp3) is 0.750. The number of methoxy groups -OCH3 is 1. The number of ether oxygens (including phenoxy) is 1. The van der Waals surface area contributed by atoms with E-state index in [1.165, 1.54) is 4.31 Å². The Kier molecular flexibility index (Phi) is 3.10. The van der Waals surface area contributed by atoms with E-state index in [1.807, 2.05) is 0 Å². The van der Waals surface area contributed by atoms with Gasteiger partial charge in [0.2, 0.25) is 10.0 Å². The van der Waals surface area contributed by atoms with Gasteiger partial charge in [0.25, 0.3) is 0 Å². The molecule has 0 unspecified atom stereocenters. The first-order valence-corrected chi connectivity index (χ1v) is 5.65. The molecule has 0 aromatic rings. The molecule has 1 rings (SSSR count). The van der Waals surface area contributed by atoms with Crippen molar-refractivity contribution < 1.29 is 13.2 Å². The van der Waals surface area contributed by atoms with Crippen LogP contribution in [0.1, 0.15) is 12.8 Å². The first-order chi connectivity index (χ1) is 6.01. The highest BCUT2D eigenvalue weighted by Gasteiger charge is 2.36. The van der Waals surface area contributed by atoms with Gasteiger partial charge in [0.15, 0.2) is 0 Å². The van der Waals surface area contributed by atoms with Gasteiger partial charge in [-0.3, -0.25) is 0 Å². The van der Waals surface area contributed by atoms with Crippen LogP contribution < -0.4 is 0 Å². The molecule has 0 amide bonds. The summed E-state index contributed by atoms with van der Waals surface area (Å²) in [6.07, 6.45) is 1.77. The smallest absolute Gasteiger partial charge is 0.235 e. The highest BCUT2D eigenvalue weighted by Crippen LogP contribution is 2.28. The minimum absolute atomic E-state index is 0.0768. The Bertz CT molecular complexity index is 280. The van der Waals surface area contributed by atoms with Gasteiger partial charge in [0.05, 0.1) is 6.10 Å². The zero-order valence-electron chi connectivity index (χ0n) is 7.93. The topological polar surface area (TPSA) is 46.6 Å². The van der Waals surface area contributed by atoms with Crippen molar-refractivity contribution in [2.75, 3.05) is 14.2 Å². The molecule has 0 bridgehead atoms. The molecule has 0 aliphatic heterocycles. The average molecular weight is 205 g/mol. The molecule has 1 fully saturated rings. The lowest BCUT2D eigenvalue weighted by Gasteiger charge is -2.38. The van der Waals surface area contributed by atoms with Crippen LogP contribution in [0.3, 0.4) is 0 Å². The second-order valence-electron chi connectivity index (χ2n) is 3.21. The normalized spacial score (nSPS) is 28.5. The van der Waals surface area contributed by atoms with E-state index in [0.717, 1.165) is 18.2 Å². The highest BCUT2D eigenvalue weighted by molar-refractivity contribution is 7.92. The van der Waals surface area contributed by atoms with E-state index >= 15 is 0 Å². The van der Waals surface area contributed by atoms with Crippen LogP contribution in [-0.2, 0) is 14.8 Å². The zero-order chi connectivity index (χ0) is 10.1. The lowest BCUT2D eigenvalue weighted by molar-refractivity contribution is 0.000808. The lowest BCUT2D eigenvalue weighted by atomic mass is 9.89. The molecule has 0 aromatic carbocycles. The number of rotatable bonds is 4. The lowest BCUT2D eigenvalue weighted by Crippen LogP contribution is -2.47. The van der Waals surface area contributed by atoms with E-state index in [1.54, 1.807) is 14.2 Å². The summed E-state index contributed by atoms with van der Waals surface area (Å²) in [5.74, 6) is 0. The Morgan fingerprint density at radius 2 is 2.08 bits per heavy atom. The van der Waals surface area contributed by atoms with Gasteiger partial charge in [-0.2, -0.15) is 4.31 Å². The summed E-state index contributed by atoms with van der Waals surface area (Å²) in [5.41, 5.74) is 0. The fourth-order valence-electron chi connectivity index (χ4n) is 1.35. The van der Waals surface area contributed by atoms with Gasteiger partial charge in [0.1, 0.15) is 0 Å². The molecule has 0 heterocycles. The maximum atomic E-state index is 11.3. The minimum atomic E-state index is -3.25. The van der Waals surface area contributed by atoms with Gasteiger partial charge in [-0.25, -0.2) is 8.42 Å². The zero-order valence-corrected chi connectivity index (χ0v) is 8.75. The number of nitrogens with zero attached hydrogens (tertiary/aromatic N) is 1. The summed E-state index contributed by atoms with van der Waals surface area (Å²) in [6, 6.07) is 0.0768. The van der Waals surface area contributed by atoms with Crippen molar-refractivity contribution in [3.05, 3.63) is 12.0 Å². The van der Waals surface area contributed by atoms with Crippen LogP contribution in [0.15, 0.2) is 12.0 Å². The average Bonchev–Trinajstić information content (AvgIpc) is 2.02. The molecule has 0 N–H and O–H groups in total. The van der Waals surface area contributed by atoms with Crippen LogP contribution in [0.25, 0.3) is 0 Å². The van der Waals surface area contributed by atoms with Gasteiger partial charge in [-0.15, -0.1) is 0 Å². The standard InChI is InChI=1S/C8H15NO3S/c1-4-13(10,11)9(2)7-5-8(6-7)12-3/h4,7-8H,1,5-6H2,2-3H3. The largest absolute Gasteiger partial charge is 0.381 e. The van der Waals surface area contributed by atoms with Crippen molar-refractivity contribution in [3.63, 3.8) is 0 Å². The quantitative estimate of drug-likeness (QED) is 0.674. The summed E-state index contributed by atoms with van der Waals surface area (Å²) >= 11 is 0. The van der Waals surface area contributed by atoms with Gasteiger partial charge < -0.3 is 4.74 Å². The molecule has 0 aromatic heterocycles. The second-order valence-corrected chi connectivity index (χ2v) is 5.15. The van der Waals surface area contributed by atoms with E-state index < -0.39 is 10.0 Å². The number of hydrogen-bond acceptors (Lipinski definition) is 3. The van der Waals surface area contributed by atoms with E-state index in [2.05, 4.69) is 6.58 Å². The molecular formula is C8H15NO3S. The van der Waals surface area contributed by atoms with Crippen LogP contribution in [0.4, 0.5) is 0 Å². The molecule has 5 heteroatoms. The van der Waals surface area contributed by atoms with Crippen molar-refractivity contribution in [2.24, 2.45) is 0 Å². The molecule has 0 saturated heterocycles. The molecule has 0 atom stereocenters. The Labute approximate surface area is 79.2 Å². The van der Waals surface area contributed by atoms with E-state index in [4.69, 9.17) is 4.74 Å². The second kappa shape index (κ2) is 3.77. The number of sulfonamides is 1. The van der Waals surface area contributed by atoms with Crippen LogP contribution in [0.5, 0.6) is 0 Å². The van der Waals surface area contributed by atoms with Crippen molar-refractivity contribution in [1.29, 1.82) is 0 Å². The minimum Gasteiger partial charge on any atom is -0.381 e. The Balaban J connectivity index is 2.52. The first kappa shape index (κ1) is 10.7. The fourth-order valence-corrected chi connectivity index (χ4v) is 2.18.